The number of H-pyrrole nitrogens is 1. The lowest BCUT2D eigenvalue weighted by atomic mass is 10.1. The van der Waals surface area contributed by atoms with Crippen molar-refractivity contribution < 1.29 is 14.7 Å². The number of hydrogen-bond donors (Lipinski definition) is 3. The van der Waals surface area contributed by atoms with E-state index in [1.165, 1.54) is 0 Å². The molecule has 1 amide bonds. The SMILES string of the molecule is Cc1cc(NC(=O)c2c[nH]c3ccccc23)sc1C(=O)O. The number of aromatic nitrogens is 1. The minimum Gasteiger partial charge on any atom is -0.477 e. The Morgan fingerprint density at radius 3 is 2.76 bits per heavy atom. The highest BCUT2D eigenvalue weighted by Gasteiger charge is 2.16. The molecule has 0 atom stereocenters. The number of nitrogens with one attached hydrogen (secondary N) is 2. The zero-order valence-corrected chi connectivity index (χ0v) is 12.0. The van der Waals surface area contributed by atoms with E-state index in [-0.39, 0.29) is 10.8 Å². The summed E-state index contributed by atoms with van der Waals surface area (Å²) in [5.74, 6) is -1.24. The van der Waals surface area contributed by atoms with Crippen molar-refractivity contribution in [3.05, 3.63) is 52.5 Å². The van der Waals surface area contributed by atoms with Crippen LogP contribution in [0.1, 0.15) is 25.6 Å². The maximum Gasteiger partial charge on any atom is 0.346 e. The highest BCUT2D eigenvalue weighted by Crippen LogP contribution is 2.27. The molecule has 106 valence electrons. The third kappa shape index (κ3) is 2.41. The fraction of sp³-hybridized carbons (Fsp3) is 0.0667. The normalized spacial score (nSPS) is 10.7. The molecular weight excluding hydrogens is 288 g/mol. The number of amides is 1. The van der Waals surface area contributed by atoms with Gasteiger partial charge in [0.15, 0.2) is 0 Å². The van der Waals surface area contributed by atoms with E-state index in [2.05, 4.69) is 10.3 Å². The number of hydrogen-bond acceptors (Lipinski definition) is 3. The number of thiophene rings is 1. The van der Waals surface area contributed by atoms with Crippen LogP contribution in [0.2, 0.25) is 0 Å². The summed E-state index contributed by atoms with van der Waals surface area (Å²) in [6, 6.07) is 9.18. The Morgan fingerprint density at radius 2 is 2.05 bits per heavy atom. The Morgan fingerprint density at radius 1 is 1.29 bits per heavy atom. The first-order valence-electron chi connectivity index (χ1n) is 6.27. The van der Waals surface area contributed by atoms with Crippen molar-refractivity contribution >= 4 is 39.1 Å². The number of fused-ring (bicyclic) bond motifs is 1. The van der Waals surface area contributed by atoms with Crippen molar-refractivity contribution in [3.8, 4) is 0 Å². The second kappa shape index (κ2) is 5.06. The summed E-state index contributed by atoms with van der Waals surface area (Å²) >= 11 is 1.06. The lowest BCUT2D eigenvalue weighted by Gasteiger charge is -2.00. The second-order valence-corrected chi connectivity index (χ2v) is 5.68. The summed E-state index contributed by atoms with van der Waals surface area (Å²) < 4.78 is 0. The van der Waals surface area contributed by atoms with E-state index >= 15 is 0 Å². The first-order valence-corrected chi connectivity index (χ1v) is 7.09. The number of anilines is 1. The van der Waals surface area contributed by atoms with Gasteiger partial charge in [0, 0.05) is 17.1 Å². The molecule has 0 aliphatic heterocycles. The van der Waals surface area contributed by atoms with Crippen molar-refractivity contribution in [1.82, 2.24) is 4.98 Å². The van der Waals surface area contributed by atoms with Crippen molar-refractivity contribution in [2.45, 2.75) is 6.92 Å². The molecule has 3 N–H and O–H groups in total. The number of para-hydroxylation sites is 1. The van der Waals surface area contributed by atoms with E-state index in [1.807, 2.05) is 24.3 Å². The predicted molar refractivity (Wildman–Crippen MR) is 82.3 cm³/mol. The van der Waals surface area contributed by atoms with Crippen LogP contribution in [0.3, 0.4) is 0 Å². The molecule has 5 nitrogen and oxygen atoms in total. The lowest BCUT2D eigenvalue weighted by Crippen LogP contribution is -2.10. The Bertz CT molecular complexity index is 848. The standard InChI is InChI=1S/C15H12N2O3S/c1-8-6-12(21-13(8)15(19)20)17-14(18)10-7-16-11-5-3-2-4-9(10)11/h2-7,16H,1H3,(H,17,18)(H,19,20). The van der Waals surface area contributed by atoms with Gasteiger partial charge in [0.05, 0.1) is 10.6 Å². The van der Waals surface area contributed by atoms with Gasteiger partial charge >= 0.3 is 5.97 Å². The zero-order chi connectivity index (χ0) is 15.0. The van der Waals surface area contributed by atoms with Crippen molar-refractivity contribution in [2.75, 3.05) is 5.32 Å². The van der Waals surface area contributed by atoms with Gasteiger partial charge in [0.25, 0.3) is 5.91 Å². The molecule has 3 aromatic rings. The van der Waals surface area contributed by atoms with Crippen LogP contribution in [0.4, 0.5) is 5.00 Å². The highest BCUT2D eigenvalue weighted by molar-refractivity contribution is 7.18. The fourth-order valence-electron chi connectivity index (χ4n) is 2.19. The average Bonchev–Trinajstić information content (AvgIpc) is 3.02. The van der Waals surface area contributed by atoms with Crippen LogP contribution >= 0.6 is 11.3 Å². The van der Waals surface area contributed by atoms with Crippen LogP contribution in [0, 0.1) is 6.92 Å². The number of rotatable bonds is 3. The molecule has 0 unspecified atom stereocenters. The van der Waals surface area contributed by atoms with Crippen LogP contribution in [0.15, 0.2) is 36.5 Å². The number of carboxylic acid groups (broad SMARTS) is 1. The number of carboxylic acids is 1. The van der Waals surface area contributed by atoms with Gasteiger partial charge in [-0.1, -0.05) is 18.2 Å². The van der Waals surface area contributed by atoms with Gasteiger partial charge in [0.1, 0.15) is 4.88 Å². The Kier molecular flexibility index (Phi) is 3.23. The largest absolute Gasteiger partial charge is 0.477 e. The third-order valence-electron chi connectivity index (χ3n) is 3.18. The molecule has 0 saturated heterocycles. The Hall–Kier alpha value is -2.60. The Labute approximate surface area is 124 Å². The van der Waals surface area contributed by atoms with Crippen LogP contribution in [0.5, 0.6) is 0 Å². The summed E-state index contributed by atoms with van der Waals surface area (Å²) in [7, 11) is 0. The maximum atomic E-state index is 12.3. The van der Waals surface area contributed by atoms with Crippen LogP contribution in [-0.2, 0) is 0 Å². The third-order valence-corrected chi connectivity index (χ3v) is 4.32. The minimum atomic E-state index is -0.981. The zero-order valence-electron chi connectivity index (χ0n) is 11.1. The molecular formula is C15H12N2O3S. The number of carbonyl (C=O) groups is 2. The number of benzene rings is 1. The van der Waals surface area contributed by atoms with Gasteiger partial charge in [-0.2, -0.15) is 0 Å². The van der Waals surface area contributed by atoms with Gasteiger partial charge in [-0.15, -0.1) is 11.3 Å². The predicted octanol–water partition coefficient (Wildman–Crippen LogP) is 3.49. The van der Waals surface area contributed by atoms with Crippen molar-refractivity contribution in [1.29, 1.82) is 0 Å². The van der Waals surface area contributed by atoms with Gasteiger partial charge in [-0.05, 0) is 24.6 Å². The molecule has 0 aliphatic rings. The topological polar surface area (TPSA) is 82.2 Å². The molecule has 3 rings (SSSR count). The summed E-state index contributed by atoms with van der Waals surface area (Å²) in [6.45, 7) is 1.71. The lowest BCUT2D eigenvalue weighted by molar-refractivity contribution is 0.0701. The molecule has 0 aliphatic carbocycles. The van der Waals surface area contributed by atoms with Gasteiger partial charge in [-0.25, -0.2) is 4.79 Å². The Balaban J connectivity index is 1.90. The highest BCUT2D eigenvalue weighted by atomic mass is 32.1. The molecule has 1 aromatic carbocycles. The van der Waals surface area contributed by atoms with Crippen molar-refractivity contribution in [2.24, 2.45) is 0 Å². The smallest absolute Gasteiger partial charge is 0.346 e. The monoisotopic (exact) mass is 300 g/mol. The van der Waals surface area contributed by atoms with Crippen molar-refractivity contribution in [3.63, 3.8) is 0 Å². The number of aryl methyl sites for hydroxylation is 1. The number of aromatic amines is 1. The minimum absolute atomic E-state index is 0.240. The molecule has 6 heteroatoms. The molecule has 2 aromatic heterocycles. The van der Waals surface area contributed by atoms with Crippen LogP contribution in [-0.4, -0.2) is 22.0 Å². The van der Waals surface area contributed by atoms with E-state index in [0.29, 0.717) is 16.1 Å². The van der Waals surface area contributed by atoms with Gasteiger partial charge in [-0.3, -0.25) is 4.79 Å². The van der Waals surface area contributed by atoms with E-state index in [0.717, 1.165) is 22.2 Å². The quantitative estimate of drug-likeness (QED) is 0.692. The molecule has 21 heavy (non-hydrogen) atoms. The fourth-order valence-corrected chi connectivity index (χ4v) is 3.10. The first kappa shape index (κ1) is 13.4. The average molecular weight is 300 g/mol. The maximum absolute atomic E-state index is 12.3. The number of aromatic carboxylic acids is 1. The van der Waals surface area contributed by atoms with E-state index in [9.17, 15) is 9.59 Å². The van der Waals surface area contributed by atoms with Crippen LogP contribution < -0.4 is 5.32 Å². The first-order chi connectivity index (χ1) is 10.1. The van der Waals surface area contributed by atoms with Gasteiger partial charge < -0.3 is 15.4 Å². The van der Waals surface area contributed by atoms with E-state index < -0.39 is 5.97 Å². The molecule has 0 radical (unpaired) electrons. The number of carbonyl (C=O) groups excluding carboxylic acids is 1. The van der Waals surface area contributed by atoms with Crippen LogP contribution in [0.25, 0.3) is 10.9 Å². The summed E-state index contributed by atoms with van der Waals surface area (Å²) in [5, 5.41) is 13.1. The van der Waals surface area contributed by atoms with Gasteiger partial charge in [0.2, 0.25) is 0 Å². The second-order valence-electron chi connectivity index (χ2n) is 4.63. The van der Waals surface area contributed by atoms with E-state index in [1.54, 1.807) is 19.2 Å². The molecule has 2 heterocycles. The summed E-state index contributed by atoms with van der Waals surface area (Å²) in [4.78, 5) is 26.6. The molecule has 0 fully saturated rings. The summed E-state index contributed by atoms with van der Waals surface area (Å²) in [6.07, 6.45) is 1.65. The van der Waals surface area contributed by atoms with E-state index in [4.69, 9.17) is 5.11 Å². The molecule has 0 saturated carbocycles. The molecule has 0 spiro atoms. The molecule has 0 bridgehead atoms. The summed E-state index contributed by atoms with van der Waals surface area (Å²) in [5.41, 5.74) is 2.06.